The number of rotatable bonds is 15. The Hall–Kier alpha value is -0.930. The van der Waals surface area contributed by atoms with Crippen LogP contribution < -0.4 is 4.57 Å². The van der Waals surface area contributed by atoms with Gasteiger partial charge in [-0.25, -0.2) is 4.57 Å². The molecule has 0 bridgehead atoms. The maximum Gasteiger partial charge on any atom is 0.168 e. The molecule has 0 spiro atoms. The molecule has 0 atom stereocenters. The molecule has 1 rings (SSSR count). The van der Waals surface area contributed by atoms with E-state index in [-0.39, 0.29) is 0 Å². The number of nitrogens with zero attached hydrogens (tertiary/aromatic N) is 1. The average molecular weight is 339 g/mol. The largest absolute Gasteiger partial charge is 0.255 e. The predicted octanol–water partition coefficient (Wildman–Crippen LogP) is 6.47. The highest BCUT2D eigenvalue weighted by Crippen LogP contribution is 2.12. The average Bonchev–Trinajstić information content (AvgIpc) is 2.64. The van der Waals surface area contributed by atoms with Crippen LogP contribution in [0.25, 0.3) is 0 Å². The van der Waals surface area contributed by atoms with Crippen molar-refractivity contribution in [1.82, 2.24) is 0 Å². The van der Waals surface area contributed by atoms with Crippen LogP contribution in [0.5, 0.6) is 0 Å². The summed E-state index contributed by atoms with van der Waals surface area (Å²) in [6.07, 6.45) is 24.4. The topological polar surface area (TPSA) is 44.3 Å². The molecule has 1 aromatic heterocycles. The lowest BCUT2D eigenvalue weighted by atomic mass is 10.0. The zero-order chi connectivity index (χ0) is 17.7. The molecule has 0 unspecified atom stereocenters. The van der Waals surface area contributed by atoms with Crippen molar-refractivity contribution >= 4 is 0 Å². The monoisotopic (exact) mass is 338 g/mol. The molecule has 0 saturated heterocycles. The Labute approximate surface area is 149 Å². The van der Waals surface area contributed by atoms with E-state index in [9.17, 15) is 0 Å². The molecule has 0 radical (unpaired) electrons. The minimum Gasteiger partial charge on any atom is -0.255 e. The summed E-state index contributed by atoms with van der Waals surface area (Å²) in [7, 11) is 0. The Morgan fingerprint density at radius 1 is 0.542 bits per heavy atom. The molecule has 140 valence electrons. The molecule has 2 N–H and O–H groups in total. The number of hydrogen-bond donors (Lipinski definition) is 2. The van der Waals surface area contributed by atoms with E-state index in [1.54, 1.807) is 0 Å². The van der Waals surface area contributed by atoms with Gasteiger partial charge in [-0.15, -0.1) is 0 Å². The van der Waals surface area contributed by atoms with E-state index < -0.39 is 0 Å². The van der Waals surface area contributed by atoms with E-state index in [1.807, 2.05) is 0 Å². The van der Waals surface area contributed by atoms with Crippen LogP contribution in [0.3, 0.4) is 0 Å². The lowest BCUT2D eigenvalue weighted by molar-refractivity contribution is -0.697. The number of hydrogen-bond acceptors (Lipinski definition) is 2. The van der Waals surface area contributed by atoms with E-state index in [2.05, 4.69) is 42.1 Å². The van der Waals surface area contributed by atoms with E-state index in [1.165, 1.54) is 96.4 Å². The first-order chi connectivity index (χ1) is 11.9. The molecular weight excluding hydrogens is 298 g/mol. The van der Waals surface area contributed by atoms with Crippen LogP contribution in [-0.4, -0.2) is 10.5 Å². The minimum absolute atomic E-state index is 1.18. The van der Waals surface area contributed by atoms with Gasteiger partial charge in [0.1, 0.15) is 6.54 Å². The summed E-state index contributed by atoms with van der Waals surface area (Å²) in [4.78, 5) is 0. The predicted molar refractivity (Wildman–Crippen MR) is 102 cm³/mol. The second kappa shape index (κ2) is 20.1. The molecule has 3 heteroatoms. The van der Waals surface area contributed by atoms with Gasteiger partial charge in [0.05, 0.1) is 0 Å². The number of pyridine rings is 1. The van der Waals surface area contributed by atoms with Crippen molar-refractivity contribution in [2.75, 3.05) is 0 Å². The second-order valence-corrected chi connectivity index (χ2v) is 6.71. The van der Waals surface area contributed by atoms with Gasteiger partial charge < -0.3 is 0 Å². The van der Waals surface area contributed by atoms with Gasteiger partial charge in [0.15, 0.2) is 12.4 Å². The highest BCUT2D eigenvalue weighted by atomic mass is 17.0. The molecule has 0 aromatic carbocycles. The fraction of sp³-hybridized carbons (Fsp3) is 0.762. The van der Waals surface area contributed by atoms with E-state index in [0.717, 1.165) is 0 Å². The van der Waals surface area contributed by atoms with Crippen molar-refractivity contribution in [3.63, 3.8) is 0 Å². The van der Waals surface area contributed by atoms with Crippen molar-refractivity contribution in [3.8, 4) is 0 Å². The normalized spacial score (nSPS) is 10.3. The quantitative estimate of drug-likeness (QED) is 0.166. The molecule has 0 fully saturated rings. The third-order valence-corrected chi connectivity index (χ3v) is 4.55. The van der Waals surface area contributed by atoms with Crippen LogP contribution >= 0.6 is 0 Å². The summed E-state index contributed by atoms with van der Waals surface area (Å²) in [5.74, 6) is 0. The summed E-state index contributed by atoms with van der Waals surface area (Å²) < 4.78 is 2.29. The Bertz CT molecular complexity index is 330. The molecule has 0 aliphatic rings. The first-order valence-corrected chi connectivity index (χ1v) is 10.1. The Balaban J connectivity index is 0.00000254. The van der Waals surface area contributed by atoms with Gasteiger partial charge in [0, 0.05) is 18.6 Å². The van der Waals surface area contributed by atoms with Crippen LogP contribution in [0.2, 0.25) is 0 Å². The minimum atomic E-state index is 1.18. The molecule has 0 amide bonds. The molecule has 1 heterocycles. The van der Waals surface area contributed by atoms with Crippen LogP contribution in [0, 0.1) is 0 Å². The maximum atomic E-state index is 6.00. The van der Waals surface area contributed by atoms with E-state index >= 15 is 0 Å². The molecule has 3 nitrogen and oxygen atoms in total. The number of aromatic nitrogens is 1. The molecular formula is C21H40NO2+. The summed E-state index contributed by atoms with van der Waals surface area (Å²) in [6.45, 7) is 3.47. The van der Waals surface area contributed by atoms with Crippen molar-refractivity contribution in [2.45, 2.75) is 103 Å². The van der Waals surface area contributed by atoms with Crippen molar-refractivity contribution < 1.29 is 15.1 Å². The van der Waals surface area contributed by atoms with Crippen LogP contribution in [0.1, 0.15) is 96.8 Å². The number of unbranched alkanes of at least 4 members (excludes halogenated alkanes) is 13. The van der Waals surface area contributed by atoms with Gasteiger partial charge in [0.25, 0.3) is 0 Å². The van der Waals surface area contributed by atoms with Gasteiger partial charge in [-0.05, 0) is 6.42 Å². The zero-order valence-electron chi connectivity index (χ0n) is 15.8. The highest BCUT2D eigenvalue weighted by Gasteiger charge is 1.98. The van der Waals surface area contributed by atoms with Gasteiger partial charge in [-0.3, -0.25) is 10.5 Å². The van der Waals surface area contributed by atoms with Crippen molar-refractivity contribution in [3.05, 3.63) is 30.6 Å². The fourth-order valence-corrected chi connectivity index (χ4v) is 3.07. The van der Waals surface area contributed by atoms with Crippen LogP contribution in [-0.2, 0) is 6.54 Å². The third-order valence-electron chi connectivity index (χ3n) is 4.55. The summed E-state index contributed by atoms with van der Waals surface area (Å²) in [5.41, 5.74) is 0. The summed E-state index contributed by atoms with van der Waals surface area (Å²) in [5, 5.41) is 12.0. The van der Waals surface area contributed by atoms with E-state index in [4.69, 9.17) is 10.5 Å². The zero-order valence-corrected chi connectivity index (χ0v) is 15.8. The van der Waals surface area contributed by atoms with Crippen molar-refractivity contribution in [1.29, 1.82) is 0 Å². The first kappa shape index (κ1) is 23.1. The summed E-state index contributed by atoms with van der Waals surface area (Å²) >= 11 is 0. The maximum absolute atomic E-state index is 6.00. The van der Waals surface area contributed by atoms with Gasteiger partial charge in [-0.2, -0.15) is 0 Å². The van der Waals surface area contributed by atoms with Crippen molar-refractivity contribution in [2.24, 2.45) is 0 Å². The highest BCUT2D eigenvalue weighted by molar-refractivity contribution is 4.83. The number of aryl methyl sites for hydroxylation is 1. The second-order valence-electron chi connectivity index (χ2n) is 6.71. The molecule has 24 heavy (non-hydrogen) atoms. The Kier molecular flexibility index (Phi) is 19.3. The van der Waals surface area contributed by atoms with Gasteiger partial charge in [-0.1, -0.05) is 90.0 Å². The third kappa shape index (κ3) is 15.9. The molecule has 1 aromatic rings. The fourth-order valence-electron chi connectivity index (χ4n) is 3.07. The molecule has 0 aliphatic heterocycles. The Morgan fingerprint density at radius 3 is 1.33 bits per heavy atom. The lowest BCUT2D eigenvalue weighted by Crippen LogP contribution is -2.32. The van der Waals surface area contributed by atoms with Gasteiger partial charge in [0.2, 0.25) is 0 Å². The van der Waals surface area contributed by atoms with E-state index in [0.29, 0.717) is 0 Å². The SMILES string of the molecule is CCCCCCCCCCCCCCCC[n+]1ccccc1.OO. The Morgan fingerprint density at radius 2 is 0.917 bits per heavy atom. The van der Waals surface area contributed by atoms with Gasteiger partial charge >= 0.3 is 0 Å². The summed E-state index contributed by atoms with van der Waals surface area (Å²) in [6, 6.07) is 6.31. The smallest absolute Gasteiger partial charge is 0.168 e. The molecule has 0 saturated carbocycles. The lowest BCUT2D eigenvalue weighted by Gasteiger charge is -2.02. The first-order valence-electron chi connectivity index (χ1n) is 10.1. The van der Waals surface area contributed by atoms with Crippen LogP contribution in [0.15, 0.2) is 30.6 Å². The van der Waals surface area contributed by atoms with Crippen LogP contribution in [0.4, 0.5) is 0 Å². The molecule has 0 aliphatic carbocycles. The standard InChI is InChI=1S/C21H38N.H2O2/c1-2-3-4-5-6-7-8-9-10-11-12-13-14-16-19-22-20-17-15-18-21-22;1-2/h15,17-18,20-21H,2-14,16,19H2,1H3;1-2H/q+1;.